The molecule has 2 aromatic heterocycles. The van der Waals surface area contributed by atoms with Crippen molar-refractivity contribution in [1.82, 2.24) is 14.8 Å². The maximum atomic E-state index is 6.19. The van der Waals surface area contributed by atoms with E-state index in [-0.39, 0.29) is 6.04 Å². The molecule has 16 heavy (non-hydrogen) atoms. The van der Waals surface area contributed by atoms with E-state index in [2.05, 4.69) is 10.1 Å². The Morgan fingerprint density at radius 1 is 1.31 bits per heavy atom. The van der Waals surface area contributed by atoms with E-state index in [1.54, 1.807) is 4.68 Å². The van der Waals surface area contributed by atoms with Crippen molar-refractivity contribution < 1.29 is 0 Å². The lowest BCUT2D eigenvalue weighted by molar-refractivity contribution is 0.756. The van der Waals surface area contributed by atoms with Crippen LogP contribution in [0, 0.1) is 13.8 Å². The van der Waals surface area contributed by atoms with Gasteiger partial charge in [0, 0.05) is 30.7 Å². The average molecular weight is 216 g/mol. The zero-order valence-corrected chi connectivity index (χ0v) is 9.81. The van der Waals surface area contributed by atoms with Crippen LogP contribution < -0.4 is 5.73 Å². The van der Waals surface area contributed by atoms with Gasteiger partial charge in [0.1, 0.15) is 0 Å². The molecule has 4 nitrogen and oxygen atoms in total. The van der Waals surface area contributed by atoms with Gasteiger partial charge in [0.05, 0.1) is 11.7 Å². The van der Waals surface area contributed by atoms with E-state index in [0.717, 1.165) is 22.5 Å². The van der Waals surface area contributed by atoms with Crippen molar-refractivity contribution in [2.24, 2.45) is 12.8 Å². The number of hydrogen-bond donors (Lipinski definition) is 1. The van der Waals surface area contributed by atoms with Crippen LogP contribution in [0.15, 0.2) is 24.5 Å². The Kier molecular flexibility index (Phi) is 2.75. The van der Waals surface area contributed by atoms with Crippen molar-refractivity contribution in [1.29, 1.82) is 0 Å². The van der Waals surface area contributed by atoms with Gasteiger partial charge in [-0.3, -0.25) is 9.67 Å². The van der Waals surface area contributed by atoms with Crippen molar-refractivity contribution in [2.45, 2.75) is 19.9 Å². The molecule has 0 saturated heterocycles. The zero-order valence-electron chi connectivity index (χ0n) is 9.81. The molecule has 0 spiro atoms. The number of rotatable bonds is 2. The molecule has 2 heterocycles. The quantitative estimate of drug-likeness (QED) is 0.827. The monoisotopic (exact) mass is 216 g/mol. The van der Waals surface area contributed by atoms with Gasteiger partial charge in [-0.05, 0) is 25.5 Å². The molecule has 0 aliphatic carbocycles. The molecule has 0 saturated carbocycles. The lowest BCUT2D eigenvalue weighted by atomic mass is 10.0. The molecule has 4 heteroatoms. The highest BCUT2D eigenvalue weighted by Gasteiger charge is 2.14. The number of nitrogens with two attached hydrogens (primary N) is 1. The molecule has 0 fully saturated rings. The minimum atomic E-state index is -0.151. The fraction of sp³-hybridized carbons (Fsp3) is 0.333. The van der Waals surface area contributed by atoms with Gasteiger partial charge in [-0.25, -0.2) is 0 Å². The standard InChI is InChI=1S/C12H16N4/c1-8-4-5-10(6-14-8)12(13)11-7-16(3)15-9(11)2/h4-7,12H,13H2,1-3H3. The normalized spacial score (nSPS) is 12.8. The first-order valence-electron chi connectivity index (χ1n) is 5.26. The number of aromatic nitrogens is 3. The topological polar surface area (TPSA) is 56.7 Å². The number of hydrogen-bond acceptors (Lipinski definition) is 3. The van der Waals surface area contributed by atoms with E-state index in [1.165, 1.54) is 0 Å². The summed E-state index contributed by atoms with van der Waals surface area (Å²) < 4.78 is 1.78. The number of aryl methyl sites for hydroxylation is 3. The fourth-order valence-corrected chi connectivity index (χ4v) is 1.77. The first-order chi connectivity index (χ1) is 7.58. The summed E-state index contributed by atoms with van der Waals surface area (Å²) in [4.78, 5) is 4.25. The maximum Gasteiger partial charge on any atom is 0.0644 e. The molecular formula is C12H16N4. The highest BCUT2D eigenvalue weighted by molar-refractivity contribution is 5.31. The third-order valence-electron chi connectivity index (χ3n) is 2.68. The predicted octanol–water partition coefficient (Wildman–Crippen LogP) is 1.48. The summed E-state index contributed by atoms with van der Waals surface area (Å²) in [6.07, 6.45) is 3.78. The van der Waals surface area contributed by atoms with Gasteiger partial charge in [0.2, 0.25) is 0 Å². The van der Waals surface area contributed by atoms with E-state index in [9.17, 15) is 0 Å². The molecule has 0 aliphatic rings. The van der Waals surface area contributed by atoms with E-state index in [4.69, 9.17) is 5.73 Å². The predicted molar refractivity (Wildman–Crippen MR) is 62.9 cm³/mol. The Morgan fingerprint density at radius 3 is 2.56 bits per heavy atom. The summed E-state index contributed by atoms with van der Waals surface area (Å²) in [7, 11) is 1.90. The molecule has 1 unspecified atom stereocenters. The minimum absolute atomic E-state index is 0.151. The first kappa shape index (κ1) is 10.8. The largest absolute Gasteiger partial charge is 0.320 e. The molecule has 2 aromatic rings. The second-order valence-corrected chi connectivity index (χ2v) is 4.05. The Hall–Kier alpha value is -1.68. The molecule has 0 aromatic carbocycles. The van der Waals surface area contributed by atoms with Crippen LogP contribution in [-0.4, -0.2) is 14.8 Å². The molecule has 0 aliphatic heterocycles. The third-order valence-corrected chi connectivity index (χ3v) is 2.68. The molecular weight excluding hydrogens is 200 g/mol. The Bertz CT molecular complexity index is 484. The van der Waals surface area contributed by atoms with Crippen molar-refractivity contribution in [3.8, 4) is 0 Å². The summed E-state index contributed by atoms with van der Waals surface area (Å²) in [5.41, 5.74) is 10.2. The SMILES string of the molecule is Cc1ccc(C(N)c2cn(C)nc2C)cn1. The van der Waals surface area contributed by atoms with E-state index in [1.807, 2.05) is 45.4 Å². The molecule has 0 bridgehead atoms. The van der Waals surface area contributed by atoms with E-state index >= 15 is 0 Å². The number of pyridine rings is 1. The highest BCUT2D eigenvalue weighted by atomic mass is 15.2. The summed E-state index contributed by atoms with van der Waals surface area (Å²) in [5, 5.41) is 4.29. The summed E-state index contributed by atoms with van der Waals surface area (Å²) in [6.45, 7) is 3.93. The van der Waals surface area contributed by atoms with Crippen LogP contribution in [0.2, 0.25) is 0 Å². The Labute approximate surface area is 95.1 Å². The average Bonchev–Trinajstić information content (AvgIpc) is 2.58. The van der Waals surface area contributed by atoms with Crippen LogP contribution in [0.4, 0.5) is 0 Å². The van der Waals surface area contributed by atoms with Crippen molar-refractivity contribution in [3.63, 3.8) is 0 Å². The van der Waals surface area contributed by atoms with Crippen molar-refractivity contribution >= 4 is 0 Å². The molecule has 0 amide bonds. The van der Waals surface area contributed by atoms with Crippen LogP contribution in [0.1, 0.15) is 28.6 Å². The van der Waals surface area contributed by atoms with Gasteiger partial charge in [-0.1, -0.05) is 6.07 Å². The molecule has 84 valence electrons. The van der Waals surface area contributed by atoms with Gasteiger partial charge in [-0.2, -0.15) is 5.10 Å². The molecule has 1 atom stereocenters. The van der Waals surface area contributed by atoms with Crippen LogP contribution in [0.25, 0.3) is 0 Å². The molecule has 2 rings (SSSR count). The van der Waals surface area contributed by atoms with Crippen LogP contribution in [-0.2, 0) is 7.05 Å². The highest BCUT2D eigenvalue weighted by Crippen LogP contribution is 2.21. The Morgan fingerprint density at radius 2 is 2.06 bits per heavy atom. The summed E-state index contributed by atoms with van der Waals surface area (Å²) >= 11 is 0. The van der Waals surface area contributed by atoms with Gasteiger partial charge in [-0.15, -0.1) is 0 Å². The second-order valence-electron chi connectivity index (χ2n) is 4.05. The summed E-state index contributed by atoms with van der Waals surface area (Å²) in [5.74, 6) is 0. The fourth-order valence-electron chi connectivity index (χ4n) is 1.77. The third kappa shape index (κ3) is 1.97. The second kappa shape index (κ2) is 4.06. The zero-order chi connectivity index (χ0) is 11.7. The minimum Gasteiger partial charge on any atom is -0.320 e. The van der Waals surface area contributed by atoms with Crippen LogP contribution >= 0.6 is 0 Å². The summed E-state index contributed by atoms with van der Waals surface area (Å²) in [6, 6.07) is 3.84. The molecule has 2 N–H and O–H groups in total. The smallest absolute Gasteiger partial charge is 0.0644 e. The molecule has 0 radical (unpaired) electrons. The van der Waals surface area contributed by atoms with Gasteiger partial charge in [0.15, 0.2) is 0 Å². The van der Waals surface area contributed by atoms with Gasteiger partial charge >= 0.3 is 0 Å². The van der Waals surface area contributed by atoms with Gasteiger partial charge in [0.25, 0.3) is 0 Å². The van der Waals surface area contributed by atoms with Crippen molar-refractivity contribution in [3.05, 3.63) is 47.0 Å². The maximum absolute atomic E-state index is 6.19. The van der Waals surface area contributed by atoms with Crippen LogP contribution in [0.3, 0.4) is 0 Å². The van der Waals surface area contributed by atoms with E-state index < -0.39 is 0 Å². The lowest BCUT2D eigenvalue weighted by Gasteiger charge is -2.10. The number of nitrogens with zero attached hydrogens (tertiary/aromatic N) is 3. The van der Waals surface area contributed by atoms with Crippen molar-refractivity contribution in [2.75, 3.05) is 0 Å². The van der Waals surface area contributed by atoms with Gasteiger partial charge < -0.3 is 5.73 Å². The van der Waals surface area contributed by atoms with E-state index in [0.29, 0.717) is 0 Å². The first-order valence-corrected chi connectivity index (χ1v) is 5.26. The lowest BCUT2D eigenvalue weighted by Crippen LogP contribution is -2.12. The Balaban J connectivity index is 2.35. The van der Waals surface area contributed by atoms with Crippen LogP contribution in [0.5, 0.6) is 0 Å².